The summed E-state index contributed by atoms with van der Waals surface area (Å²) in [5.41, 5.74) is 2.31. The van der Waals surface area contributed by atoms with Crippen molar-refractivity contribution in [1.29, 1.82) is 0 Å². The molecule has 168 valence electrons. The molecule has 9 heteroatoms. The summed E-state index contributed by atoms with van der Waals surface area (Å²) in [6.45, 7) is 1.90. The van der Waals surface area contributed by atoms with Gasteiger partial charge in [0, 0.05) is 10.6 Å². The number of rotatable bonds is 6. The highest BCUT2D eigenvalue weighted by Crippen LogP contribution is 2.32. The van der Waals surface area contributed by atoms with Crippen LogP contribution < -0.4 is 8.92 Å². The Morgan fingerprint density at radius 1 is 1.00 bits per heavy atom. The van der Waals surface area contributed by atoms with Crippen LogP contribution in [-0.4, -0.2) is 27.4 Å². The van der Waals surface area contributed by atoms with Gasteiger partial charge in [0.05, 0.1) is 7.11 Å². The van der Waals surface area contributed by atoms with Crippen molar-refractivity contribution < 1.29 is 26.9 Å². The number of hydrogen-bond acceptors (Lipinski definition) is 7. The van der Waals surface area contributed by atoms with Gasteiger partial charge in [-0.15, -0.1) is 0 Å². The molecule has 0 radical (unpaired) electrons. The molecule has 33 heavy (non-hydrogen) atoms. The van der Waals surface area contributed by atoms with Crippen LogP contribution in [0.4, 0.5) is 0 Å². The fourth-order valence-corrected chi connectivity index (χ4v) is 4.17. The molecule has 1 aliphatic heterocycles. The van der Waals surface area contributed by atoms with E-state index < -0.39 is 16.1 Å². The van der Waals surface area contributed by atoms with Crippen LogP contribution >= 0.6 is 11.6 Å². The van der Waals surface area contributed by atoms with Gasteiger partial charge in [0.15, 0.2) is 17.2 Å². The second-order valence-electron chi connectivity index (χ2n) is 7.05. The number of halogens is 1. The van der Waals surface area contributed by atoms with Crippen molar-refractivity contribution in [3.05, 3.63) is 94.1 Å². The number of aliphatic imine (C=N–C) groups is 1. The van der Waals surface area contributed by atoms with Crippen LogP contribution in [0.1, 0.15) is 16.7 Å². The summed E-state index contributed by atoms with van der Waals surface area (Å²) < 4.78 is 41.0. The molecule has 0 aromatic heterocycles. The van der Waals surface area contributed by atoms with E-state index in [1.807, 2.05) is 31.2 Å². The third-order valence-electron chi connectivity index (χ3n) is 4.79. The summed E-state index contributed by atoms with van der Waals surface area (Å²) in [5.74, 6) is -0.202. The lowest BCUT2D eigenvalue weighted by Gasteiger charge is -2.11. The van der Waals surface area contributed by atoms with Crippen LogP contribution in [0.2, 0.25) is 5.02 Å². The molecule has 0 aliphatic carbocycles. The number of cyclic esters (lactones) is 1. The van der Waals surface area contributed by atoms with Crippen molar-refractivity contribution in [2.45, 2.75) is 11.8 Å². The molecule has 0 atom stereocenters. The second kappa shape index (κ2) is 9.09. The molecule has 0 unspecified atom stereocenters. The number of aryl methyl sites for hydroxylation is 1. The van der Waals surface area contributed by atoms with Crippen molar-refractivity contribution in [1.82, 2.24) is 0 Å². The molecule has 7 nitrogen and oxygen atoms in total. The average molecular weight is 484 g/mol. The fraction of sp³-hybridized carbons (Fsp3) is 0.0833. The van der Waals surface area contributed by atoms with Gasteiger partial charge in [-0.25, -0.2) is 9.79 Å². The summed E-state index contributed by atoms with van der Waals surface area (Å²) in [6.07, 6.45) is 1.52. The van der Waals surface area contributed by atoms with Crippen LogP contribution in [0, 0.1) is 6.92 Å². The van der Waals surface area contributed by atoms with Crippen LogP contribution in [0.15, 0.2) is 82.3 Å². The minimum absolute atomic E-state index is 0.00676. The Kier molecular flexibility index (Phi) is 6.22. The van der Waals surface area contributed by atoms with Crippen molar-refractivity contribution in [2.75, 3.05) is 7.11 Å². The predicted molar refractivity (Wildman–Crippen MR) is 124 cm³/mol. The Labute approximate surface area is 196 Å². The normalized spacial score (nSPS) is 14.7. The van der Waals surface area contributed by atoms with Crippen LogP contribution in [0.25, 0.3) is 6.08 Å². The van der Waals surface area contributed by atoms with Gasteiger partial charge in [-0.3, -0.25) is 0 Å². The summed E-state index contributed by atoms with van der Waals surface area (Å²) in [7, 11) is -2.72. The fourth-order valence-electron chi connectivity index (χ4n) is 3.11. The average Bonchev–Trinajstić information content (AvgIpc) is 3.15. The number of nitrogens with zero attached hydrogens (tertiary/aromatic N) is 1. The number of esters is 1. The first-order chi connectivity index (χ1) is 15.8. The van der Waals surface area contributed by atoms with Gasteiger partial charge >= 0.3 is 16.1 Å². The molecule has 1 aliphatic rings. The Morgan fingerprint density at radius 3 is 2.42 bits per heavy atom. The lowest BCUT2D eigenvalue weighted by atomic mass is 10.1. The Balaban J connectivity index is 1.62. The third-order valence-corrected chi connectivity index (χ3v) is 6.29. The third kappa shape index (κ3) is 4.92. The molecule has 0 fully saturated rings. The van der Waals surface area contributed by atoms with Gasteiger partial charge in [-0.1, -0.05) is 35.9 Å². The van der Waals surface area contributed by atoms with Crippen molar-refractivity contribution in [2.24, 2.45) is 4.99 Å². The number of carbonyl (C=O) groups is 1. The first-order valence-electron chi connectivity index (χ1n) is 9.73. The molecule has 0 bridgehead atoms. The molecule has 0 amide bonds. The summed E-state index contributed by atoms with van der Waals surface area (Å²) in [5, 5.41) is 0.405. The quantitative estimate of drug-likeness (QED) is 0.285. The SMILES string of the molecule is COc1cc(/C=C2\N=C(c3ccccc3C)OC2=O)ccc1OS(=O)(=O)c1ccc(Cl)cc1. The first-order valence-corrected chi connectivity index (χ1v) is 11.5. The van der Waals surface area contributed by atoms with E-state index in [1.165, 1.54) is 49.6 Å². The Hall–Kier alpha value is -3.62. The van der Waals surface area contributed by atoms with E-state index >= 15 is 0 Å². The van der Waals surface area contributed by atoms with E-state index in [-0.39, 0.29) is 28.0 Å². The number of carbonyl (C=O) groups excluding carboxylic acids is 1. The molecule has 0 spiro atoms. The van der Waals surface area contributed by atoms with E-state index in [1.54, 1.807) is 6.07 Å². The number of ether oxygens (including phenoxy) is 2. The van der Waals surface area contributed by atoms with E-state index in [0.717, 1.165) is 11.1 Å². The van der Waals surface area contributed by atoms with Gasteiger partial charge in [-0.2, -0.15) is 8.42 Å². The van der Waals surface area contributed by atoms with Gasteiger partial charge in [0.1, 0.15) is 4.90 Å². The monoisotopic (exact) mass is 483 g/mol. The summed E-state index contributed by atoms with van der Waals surface area (Å²) >= 11 is 5.82. The zero-order valence-electron chi connectivity index (χ0n) is 17.6. The minimum atomic E-state index is -4.10. The summed E-state index contributed by atoms with van der Waals surface area (Å²) in [6, 6.07) is 17.6. The van der Waals surface area contributed by atoms with Gasteiger partial charge in [0.2, 0.25) is 5.90 Å². The van der Waals surface area contributed by atoms with Crippen molar-refractivity contribution in [3.63, 3.8) is 0 Å². The maximum atomic E-state index is 12.6. The first kappa shape index (κ1) is 22.6. The van der Waals surface area contributed by atoms with Crippen LogP contribution in [0.3, 0.4) is 0 Å². The lowest BCUT2D eigenvalue weighted by Crippen LogP contribution is -2.10. The Morgan fingerprint density at radius 2 is 1.73 bits per heavy atom. The highest BCUT2D eigenvalue weighted by atomic mass is 35.5. The maximum absolute atomic E-state index is 12.6. The second-order valence-corrected chi connectivity index (χ2v) is 9.04. The topological polar surface area (TPSA) is 91.3 Å². The van der Waals surface area contributed by atoms with Gasteiger partial charge in [-0.05, 0) is 66.6 Å². The number of hydrogen-bond donors (Lipinski definition) is 0. The Bertz CT molecular complexity index is 1390. The minimum Gasteiger partial charge on any atom is -0.493 e. The smallest absolute Gasteiger partial charge is 0.363 e. The van der Waals surface area contributed by atoms with E-state index in [9.17, 15) is 13.2 Å². The zero-order valence-corrected chi connectivity index (χ0v) is 19.2. The largest absolute Gasteiger partial charge is 0.493 e. The molecule has 0 saturated heterocycles. The van der Waals surface area contributed by atoms with Crippen LogP contribution in [-0.2, 0) is 19.6 Å². The standard InChI is InChI=1S/C24H18ClNO6S/c1-15-5-3-4-6-19(15)23-26-20(24(27)31-23)13-16-7-12-21(22(14-16)30-2)32-33(28,29)18-10-8-17(25)9-11-18/h3-14H,1-2H3/b20-13-. The molecular formula is C24H18ClNO6S. The molecule has 0 N–H and O–H groups in total. The van der Waals surface area contributed by atoms with E-state index in [4.69, 9.17) is 25.3 Å². The molecule has 1 heterocycles. The maximum Gasteiger partial charge on any atom is 0.363 e. The van der Waals surface area contributed by atoms with Gasteiger partial charge < -0.3 is 13.7 Å². The highest BCUT2D eigenvalue weighted by Gasteiger charge is 2.25. The molecule has 3 aromatic carbocycles. The number of methoxy groups -OCH3 is 1. The molecule has 0 saturated carbocycles. The highest BCUT2D eigenvalue weighted by molar-refractivity contribution is 7.87. The lowest BCUT2D eigenvalue weighted by molar-refractivity contribution is -0.129. The molecule has 3 aromatic rings. The van der Waals surface area contributed by atoms with Crippen molar-refractivity contribution >= 4 is 39.7 Å². The van der Waals surface area contributed by atoms with E-state index in [2.05, 4.69) is 4.99 Å². The van der Waals surface area contributed by atoms with Gasteiger partial charge in [0.25, 0.3) is 0 Å². The number of benzene rings is 3. The molecule has 4 rings (SSSR count). The van der Waals surface area contributed by atoms with Crippen LogP contribution in [0.5, 0.6) is 11.5 Å². The zero-order chi connectivity index (χ0) is 23.6. The predicted octanol–water partition coefficient (Wildman–Crippen LogP) is 4.77. The summed E-state index contributed by atoms with van der Waals surface area (Å²) in [4.78, 5) is 16.6. The molecular weight excluding hydrogens is 466 g/mol. The van der Waals surface area contributed by atoms with Crippen molar-refractivity contribution in [3.8, 4) is 11.5 Å². The van der Waals surface area contributed by atoms with E-state index in [0.29, 0.717) is 10.6 Å².